The Labute approximate surface area is 98.0 Å². The lowest BCUT2D eigenvalue weighted by Gasteiger charge is -2.15. The molecule has 2 heterocycles. The van der Waals surface area contributed by atoms with Gasteiger partial charge >= 0.3 is 5.97 Å². The molecule has 6 heteroatoms. The molecule has 16 heavy (non-hydrogen) atoms. The first kappa shape index (κ1) is 11.0. The predicted molar refractivity (Wildman–Crippen MR) is 61.6 cm³/mol. The Morgan fingerprint density at radius 1 is 1.75 bits per heavy atom. The van der Waals surface area contributed by atoms with Gasteiger partial charge in [0.2, 0.25) is 0 Å². The fourth-order valence-electron chi connectivity index (χ4n) is 1.66. The lowest BCUT2D eigenvalue weighted by molar-refractivity contribution is 0.0525. The summed E-state index contributed by atoms with van der Waals surface area (Å²) in [5.74, 6) is -0.340. The van der Waals surface area contributed by atoms with Crippen LogP contribution in [0.2, 0.25) is 0 Å². The first-order valence-corrected chi connectivity index (χ1v) is 5.40. The minimum Gasteiger partial charge on any atom is -0.462 e. The van der Waals surface area contributed by atoms with Crippen LogP contribution in [0.5, 0.6) is 0 Å². The number of fused-ring (bicyclic) bond motifs is 1. The second-order valence-corrected chi connectivity index (χ2v) is 3.80. The molecule has 0 amide bonds. The van der Waals surface area contributed by atoms with Gasteiger partial charge in [-0.2, -0.15) is 0 Å². The van der Waals surface area contributed by atoms with E-state index in [1.807, 2.05) is 6.92 Å². The summed E-state index contributed by atoms with van der Waals surface area (Å²) in [5, 5.41) is 0. The Kier molecular flexibility index (Phi) is 2.87. The summed E-state index contributed by atoms with van der Waals surface area (Å²) >= 11 is 6.04. The molecule has 0 bridgehead atoms. The number of hydrogen-bond donors (Lipinski definition) is 1. The number of ether oxygens (including phenoxy) is 1. The van der Waals surface area contributed by atoms with Crippen LogP contribution in [0.15, 0.2) is 11.2 Å². The van der Waals surface area contributed by atoms with Gasteiger partial charge in [-0.3, -0.25) is 10.1 Å². The van der Waals surface area contributed by atoms with Crippen LogP contribution in [0.1, 0.15) is 34.0 Å². The number of alkyl halides is 1. The Morgan fingerprint density at radius 3 is 3.12 bits per heavy atom. The SMILES string of the molecule is CCOC(=O)c1cn2c(c1C)C(Cl)N=CN2. The molecule has 5 nitrogen and oxygen atoms in total. The summed E-state index contributed by atoms with van der Waals surface area (Å²) in [6, 6.07) is 0. The molecule has 1 aliphatic heterocycles. The largest absolute Gasteiger partial charge is 0.462 e. The van der Waals surface area contributed by atoms with E-state index < -0.39 is 5.50 Å². The van der Waals surface area contributed by atoms with Crippen molar-refractivity contribution in [3.05, 3.63) is 23.0 Å². The van der Waals surface area contributed by atoms with Crippen molar-refractivity contribution < 1.29 is 9.53 Å². The molecule has 86 valence electrons. The fourth-order valence-corrected chi connectivity index (χ4v) is 1.99. The van der Waals surface area contributed by atoms with E-state index in [2.05, 4.69) is 10.4 Å². The second kappa shape index (κ2) is 4.17. The second-order valence-electron chi connectivity index (χ2n) is 3.39. The number of carbonyl (C=O) groups excluding carboxylic acids is 1. The molecule has 0 saturated carbocycles. The number of nitrogens with one attached hydrogen (secondary N) is 1. The van der Waals surface area contributed by atoms with E-state index in [1.54, 1.807) is 17.8 Å². The molecule has 1 aromatic heterocycles. The number of rotatable bonds is 2. The van der Waals surface area contributed by atoms with Crippen molar-refractivity contribution in [2.24, 2.45) is 4.99 Å². The van der Waals surface area contributed by atoms with Crippen molar-refractivity contribution in [2.45, 2.75) is 19.3 Å². The maximum atomic E-state index is 11.6. The Hall–Kier alpha value is -1.49. The van der Waals surface area contributed by atoms with Crippen LogP contribution in [0.4, 0.5) is 0 Å². The molecule has 1 unspecified atom stereocenters. The quantitative estimate of drug-likeness (QED) is 0.488. The number of aliphatic imine (C=N–C) groups is 1. The lowest BCUT2D eigenvalue weighted by Crippen LogP contribution is -2.20. The van der Waals surface area contributed by atoms with Crippen LogP contribution in [0.3, 0.4) is 0 Å². The maximum Gasteiger partial charge on any atom is 0.340 e. The molecule has 0 aromatic carbocycles. The fraction of sp³-hybridized carbons (Fsp3) is 0.400. The molecule has 2 rings (SSSR count). The zero-order valence-corrected chi connectivity index (χ0v) is 9.78. The molecular formula is C10H12ClN3O2. The van der Waals surface area contributed by atoms with Gasteiger partial charge in [0.25, 0.3) is 0 Å². The molecule has 1 aliphatic rings. The molecular weight excluding hydrogens is 230 g/mol. The van der Waals surface area contributed by atoms with Gasteiger partial charge < -0.3 is 4.74 Å². The molecule has 1 atom stereocenters. The predicted octanol–water partition coefficient (Wildman–Crippen LogP) is 1.80. The highest BCUT2D eigenvalue weighted by Gasteiger charge is 2.24. The van der Waals surface area contributed by atoms with E-state index in [0.717, 1.165) is 11.3 Å². The Morgan fingerprint density at radius 2 is 2.50 bits per heavy atom. The first-order valence-electron chi connectivity index (χ1n) is 4.96. The van der Waals surface area contributed by atoms with Gasteiger partial charge in [-0.1, -0.05) is 11.6 Å². The number of esters is 1. The van der Waals surface area contributed by atoms with Crippen LogP contribution in [0.25, 0.3) is 0 Å². The smallest absolute Gasteiger partial charge is 0.340 e. The lowest BCUT2D eigenvalue weighted by atomic mass is 10.1. The van der Waals surface area contributed by atoms with Gasteiger partial charge in [-0.25, -0.2) is 9.79 Å². The van der Waals surface area contributed by atoms with E-state index in [-0.39, 0.29) is 5.97 Å². The number of hydrogen-bond acceptors (Lipinski definition) is 4. The summed E-state index contributed by atoms with van der Waals surface area (Å²) in [7, 11) is 0. The highest BCUT2D eigenvalue weighted by atomic mass is 35.5. The van der Waals surface area contributed by atoms with Crippen LogP contribution < -0.4 is 5.43 Å². The topological polar surface area (TPSA) is 55.6 Å². The van der Waals surface area contributed by atoms with Crippen LogP contribution in [-0.2, 0) is 4.74 Å². The van der Waals surface area contributed by atoms with E-state index in [0.29, 0.717) is 12.2 Å². The van der Waals surface area contributed by atoms with Crippen molar-refractivity contribution >= 4 is 23.9 Å². The minimum absolute atomic E-state index is 0.340. The van der Waals surface area contributed by atoms with Crippen LogP contribution in [0, 0.1) is 6.92 Å². The summed E-state index contributed by atoms with van der Waals surface area (Å²) < 4.78 is 6.64. The minimum atomic E-state index is -0.468. The van der Waals surface area contributed by atoms with Gasteiger partial charge in [0, 0.05) is 6.20 Å². The van der Waals surface area contributed by atoms with Crippen LogP contribution >= 0.6 is 11.6 Å². The molecule has 1 aromatic rings. The number of halogens is 1. The third kappa shape index (κ3) is 1.67. The molecule has 0 radical (unpaired) electrons. The van der Waals surface area contributed by atoms with Crippen LogP contribution in [-0.4, -0.2) is 23.6 Å². The first-order chi connectivity index (χ1) is 7.65. The van der Waals surface area contributed by atoms with Gasteiger partial charge in [0.1, 0.15) is 6.34 Å². The average Bonchev–Trinajstić information content (AvgIpc) is 2.58. The maximum absolute atomic E-state index is 11.6. The van der Waals surface area contributed by atoms with Gasteiger partial charge in [-0.15, -0.1) is 0 Å². The van der Waals surface area contributed by atoms with E-state index >= 15 is 0 Å². The molecule has 0 spiro atoms. The standard InChI is InChI=1S/C10H12ClN3O2/c1-3-16-10(15)7-4-14-8(6(7)2)9(11)12-5-13-14/h4-5,9H,3H2,1-2H3,(H,12,13). The van der Waals surface area contributed by atoms with E-state index in [9.17, 15) is 4.79 Å². The summed E-state index contributed by atoms with van der Waals surface area (Å²) in [6.07, 6.45) is 3.17. The zero-order valence-electron chi connectivity index (χ0n) is 9.03. The molecule has 1 N–H and O–H groups in total. The van der Waals surface area contributed by atoms with Crippen molar-refractivity contribution in [3.8, 4) is 0 Å². The van der Waals surface area contributed by atoms with Crippen molar-refractivity contribution in [2.75, 3.05) is 12.0 Å². The summed E-state index contributed by atoms with van der Waals surface area (Å²) in [6.45, 7) is 3.96. The molecule has 0 fully saturated rings. The molecule has 0 saturated heterocycles. The molecule has 0 aliphatic carbocycles. The Balaban J connectivity index is 2.40. The van der Waals surface area contributed by atoms with Crippen molar-refractivity contribution in [1.82, 2.24) is 4.68 Å². The summed E-state index contributed by atoms with van der Waals surface area (Å²) in [4.78, 5) is 15.6. The van der Waals surface area contributed by atoms with Gasteiger partial charge in [0.05, 0.1) is 17.9 Å². The third-order valence-corrected chi connectivity index (χ3v) is 2.75. The van der Waals surface area contributed by atoms with Crippen molar-refractivity contribution in [3.63, 3.8) is 0 Å². The number of aromatic nitrogens is 1. The van der Waals surface area contributed by atoms with Gasteiger partial charge in [-0.05, 0) is 19.4 Å². The third-order valence-electron chi connectivity index (χ3n) is 2.43. The van der Waals surface area contributed by atoms with Crippen molar-refractivity contribution in [1.29, 1.82) is 0 Å². The normalized spacial score (nSPS) is 17.8. The van der Waals surface area contributed by atoms with Gasteiger partial charge in [0.15, 0.2) is 5.50 Å². The monoisotopic (exact) mass is 241 g/mol. The Bertz CT molecular complexity index is 453. The average molecular weight is 242 g/mol. The zero-order chi connectivity index (χ0) is 11.7. The summed E-state index contributed by atoms with van der Waals surface area (Å²) in [5.41, 5.74) is 4.50. The number of carbonyl (C=O) groups is 1. The van der Waals surface area contributed by atoms with E-state index in [1.165, 1.54) is 6.34 Å². The highest BCUT2D eigenvalue weighted by Crippen LogP contribution is 2.29. The number of nitrogens with zero attached hydrogens (tertiary/aromatic N) is 2. The van der Waals surface area contributed by atoms with E-state index in [4.69, 9.17) is 16.3 Å². The highest BCUT2D eigenvalue weighted by molar-refractivity contribution is 6.21.